The lowest BCUT2D eigenvalue weighted by molar-refractivity contribution is -0.384. The second-order valence-corrected chi connectivity index (χ2v) is 6.48. The third kappa shape index (κ3) is 6.26. The molecule has 2 aromatic rings. The Kier molecular flexibility index (Phi) is 7.40. The molecule has 0 heterocycles. The molecular weight excluding hydrogens is 388 g/mol. The van der Waals surface area contributed by atoms with Crippen molar-refractivity contribution in [2.75, 3.05) is 10.6 Å². The van der Waals surface area contributed by atoms with Crippen molar-refractivity contribution in [3.8, 4) is 0 Å². The molecule has 0 radical (unpaired) electrons. The summed E-state index contributed by atoms with van der Waals surface area (Å²) in [6.07, 6.45) is 1.66. The first-order chi connectivity index (χ1) is 14.2. The van der Waals surface area contributed by atoms with Gasteiger partial charge in [-0.3, -0.25) is 24.5 Å². The highest BCUT2D eigenvalue weighted by Gasteiger charge is 2.14. The summed E-state index contributed by atoms with van der Waals surface area (Å²) in [6.45, 7) is 4.80. The van der Waals surface area contributed by atoms with E-state index in [0.717, 1.165) is 5.56 Å². The maximum absolute atomic E-state index is 12.7. The second-order valence-electron chi connectivity index (χ2n) is 6.48. The van der Waals surface area contributed by atoms with E-state index in [4.69, 9.17) is 0 Å². The number of hydrogen-bond donors (Lipinski definition) is 3. The Bertz CT molecular complexity index is 1030. The summed E-state index contributed by atoms with van der Waals surface area (Å²) in [5.74, 6) is -1.25. The van der Waals surface area contributed by atoms with Crippen molar-refractivity contribution in [1.82, 2.24) is 5.32 Å². The molecule has 2 aromatic carbocycles. The van der Waals surface area contributed by atoms with Gasteiger partial charge in [-0.15, -0.1) is 0 Å². The van der Waals surface area contributed by atoms with Crippen LogP contribution in [0, 0.1) is 17.0 Å². The zero-order valence-corrected chi connectivity index (χ0v) is 16.8. The number of nitrogens with zero attached hydrogens (tertiary/aromatic N) is 1. The van der Waals surface area contributed by atoms with Crippen LogP contribution in [0.15, 0.2) is 48.2 Å². The van der Waals surface area contributed by atoms with Crippen LogP contribution in [0.4, 0.5) is 17.1 Å². The maximum Gasteiger partial charge on any atom is 0.272 e. The third-order valence-electron chi connectivity index (χ3n) is 4.04. The van der Waals surface area contributed by atoms with Gasteiger partial charge in [0, 0.05) is 36.9 Å². The van der Waals surface area contributed by atoms with Gasteiger partial charge in [-0.2, -0.15) is 0 Å². The fourth-order valence-corrected chi connectivity index (χ4v) is 2.51. The van der Waals surface area contributed by atoms with E-state index in [2.05, 4.69) is 16.0 Å². The zero-order valence-electron chi connectivity index (χ0n) is 16.8. The number of hydrogen-bond acceptors (Lipinski definition) is 5. The van der Waals surface area contributed by atoms with Crippen LogP contribution in [0.25, 0.3) is 6.08 Å². The van der Waals surface area contributed by atoms with Crippen molar-refractivity contribution in [3.05, 3.63) is 69.4 Å². The van der Waals surface area contributed by atoms with E-state index in [1.807, 2.05) is 6.92 Å². The van der Waals surface area contributed by atoms with Gasteiger partial charge in [0.25, 0.3) is 11.6 Å². The molecule has 0 aliphatic rings. The van der Waals surface area contributed by atoms with Crippen LogP contribution in [-0.4, -0.2) is 22.6 Å². The van der Waals surface area contributed by atoms with Gasteiger partial charge in [0.2, 0.25) is 11.8 Å². The average molecular weight is 410 g/mol. The normalized spacial score (nSPS) is 10.8. The number of non-ortho nitro benzene ring substituents is 1. The number of nitro groups is 1. The van der Waals surface area contributed by atoms with Gasteiger partial charge in [-0.1, -0.05) is 25.1 Å². The minimum atomic E-state index is -0.617. The molecule has 156 valence electrons. The monoisotopic (exact) mass is 410 g/mol. The molecule has 30 heavy (non-hydrogen) atoms. The smallest absolute Gasteiger partial charge is 0.272 e. The fourth-order valence-electron chi connectivity index (χ4n) is 2.51. The minimum absolute atomic E-state index is 0.0808. The van der Waals surface area contributed by atoms with Gasteiger partial charge in [0.15, 0.2) is 0 Å². The Morgan fingerprint density at radius 2 is 1.83 bits per heavy atom. The topological polar surface area (TPSA) is 130 Å². The lowest BCUT2D eigenvalue weighted by Crippen LogP contribution is -2.29. The fraction of sp³-hybridized carbons (Fsp3) is 0.190. The second kappa shape index (κ2) is 9.97. The van der Waals surface area contributed by atoms with E-state index in [1.54, 1.807) is 31.2 Å². The largest absolute Gasteiger partial charge is 0.326 e. The van der Waals surface area contributed by atoms with Crippen LogP contribution < -0.4 is 16.0 Å². The highest BCUT2D eigenvalue weighted by atomic mass is 16.6. The molecule has 0 saturated carbocycles. The number of nitrogens with one attached hydrogen (secondary N) is 3. The first-order valence-corrected chi connectivity index (χ1v) is 9.15. The molecule has 0 bridgehead atoms. The highest BCUT2D eigenvalue weighted by molar-refractivity contribution is 6.08. The Morgan fingerprint density at radius 3 is 2.47 bits per heavy atom. The molecule has 0 spiro atoms. The third-order valence-corrected chi connectivity index (χ3v) is 4.04. The molecule has 2 rings (SSSR count). The number of aryl methyl sites for hydroxylation is 1. The van der Waals surface area contributed by atoms with Crippen molar-refractivity contribution in [3.63, 3.8) is 0 Å². The SMILES string of the molecule is CCC(=O)Nc1cc(NC(=O)/C(=C/c2cccc([N+](=O)[O-])c2)NC(C)=O)ccc1C. The van der Waals surface area contributed by atoms with Crippen LogP contribution in [0.2, 0.25) is 0 Å². The summed E-state index contributed by atoms with van der Waals surface area (Å²) in [5, 5.41) is 18.8. The number of amides is 3. The summed E-state index contributed by atoms with van der Waals surface area (Å²) in [4.78, 5) is 46.4. The maximum atomic E-state index is 12.7. The Hall–Kier alpha value is -4.01. The van der Waals surface area contributed by atoms with Gasteiger partial charge >= 0.3 is 0 Å². The number of nitro benzene ring substituents is 1. The van der Waals surface area contributed by atoms with E-state index in [0.29, 0.717) is 23.4 Å². The number of benzene rings is 2. The van der Waals surface area contributed by atoms with E-state index in [9.17, 15) is 24.5 Å². The van der Waals surface area contributed by atoms with Crippen molar-refractivity contribution >= 4 is 40.9 Å². The Labute approximate surface area is 173 Å². The lowest BCUT2D eigenvalue weighted by Gasteiger charge is -2.13. The first kappa shape index (κ1) is 22.3. The van der Waals surface area contributed by atoms with E-state index >= 15 is 0 Å². The van der Waals surface area contributed by atoms with Crippen molar-refractivity contribution in [1.29, 1.82) is 0 Å². The van der Waals surface area contributed by atoms with Crippen LogP contribution in [0.5, 0.6) is 0 Å². The van der Waals surface area contributed by atoms with Crippen LogP contribution in [0.1, 0.15) is 31.4 Å². The van der Waals surface area contributed by atoms with Gasteiger partial charge in [-0.05, 0) is 36.3 Å². The molecule has 9 nitrogen and oxygen atoms in total. The molecule has 0 atom stereocenters. The highest BCUT2D eigenvalue weighted by Crippen LogP contribution is 2.21. The number of anilines is 2. The lowest BCUT2D eigenvalue weighted by atomic mass is 10.1. The molecule has 0 aliphatic carbocycles. The molecule has 3 N–H and O–H groups in total. The predicted octanol–water partition coefficient (Wildman–Crippen LogP) is 3.37. The van der Waals surface area contributed by atoms with E-state index in [-0.39, 0.29) is 17.3 Å². The molecule has 0 unspecified atom stereocenters. The van der Waals surface area contributed by atoms with Crippen molar-refractivity contribution < 1.29 is 19.3 Å². The van der Waals surface area contributed by atoms with E-state index < -0.39 is 16.7 Å². The number of rotatable bonds is 7. The molecule has 9 heteroatoms. The van der Waals surface area contributed by atoms with E-state index in [1.165, 1.54) is 31.2 Å². The molecule has 0 aliphatic heterocycles. The van der Waals surface area contributed by atoms with Crippen LogP contribution in [0.3, 0.4) is 0 Å². The summed E-state index contributed by atoms with van der Waals surface area (Å²) in [7, 11) is 0. The van der Waals surface area contributed by atoms with Gasteiger partial charge in [0.1, 0.15) is 5.70 Å². The molecule has 0 aromatic heterocycles. The molecular formula is C21H22N4O5. The van der Waals surface area contributed by atoms with Crippen molar-refractivity contribution in [2.45, 2.75) is 27.2 Å². The van der Waals surface area contributed by atoms with Crippen LogP contribution in [-0.2, 0) is 14.4 Å². The first-order valence-electron chi connectivity index (χ1n) is 9.15. The standard InChI is InChI=1S/C21H22N4O5/c1-4-20(27)24-18-12-16(9-8-13(18)2)23-21(28)19(22-14(3)26)11-15-6-5-7-17(10-15)25(29)30/h5-12H,4H2,1-3H3,(H,22,26)(H,23,28)(H,24,27)/b19-11-. The average Bonchev–Trinajstić information content (AvgIpc) is 2.69. The summed E-state index contributed by atoms with van der Waals surface area (Å²) < 4.78 is 0. The summed E-state index contributed by atoms with van der Waals surface area (Å²) >= 11 is 0. The quantitative estimate of drug-likeness (QED) is 0.366. The Morgan fingerprint density at radius 1 is 1.10 bits per heavy atom. The van der Waals surface area contributed by atoms with Crippen molar-refractivity contribution in [2.24, 2.45) is 0 Å². The Balaban J connectivity index is 2.31. The summed E-state index contributed by atoms with van der Waals surface area (Å²) in [6, 6.07) is 10.7. The molecule has 0 saturated heterocycles. The summed E-state index contributed by atoms with van der Waals surface area (Å²) in [5.41, 5.74) is 1.95. The van der Waals surface area contributed by atoms with Gasteiger partial charge in [-0.25, -0.2) is 0 Å². The number of carbonyl (C=O) groups excluding carboxylic acids is 3. The van der Waals surface area contributed by atoms with Crippen LogP contribution >= 0.6 is 0 Å². The molecule has 0 fully saturated rings. The predicted molar refractivity (Wildman–Crippen MR) is 114 cm³/mol. The zero-order chi connectivity index (χ0) is 22.3. The number of carbonyl (C=O) groups is 3. The van der Waals surface area contributed by atoms with Gasteiger partial charge in [0.05, 0.1) is 4.92 Å². The minimum Gasteiger partial charge on any atom is -0.326 e. The molecule has 3 amide bonds. The van der Waals surface area contributed by atoms with Gasteiger partial charge < -0.3 is 16.0 Å².